The summed E-state index contributed by atoms with van der Waals surface area (Å²) >= 11 is 0. The van der Waals surface area contributed by atoms with Crippen molar-refractivity contribution < 1.29 is 19.0 Å². The normalized spacial score (nSPS) is 13.9. The van der Waals surface area contributed by atoms with Crippen molar-refractivity contribution in [3.63, 3.8) is 0 Å². The van der Waals surface area contributed by atoms with Gasteiger partial charge in [0.25, 0.3) is 0 Å². The highest BCUT2D eigenvalue weighted by Gasteiger charge is 2.20. The number of ether oxygens (including phenoxy) is 3. The molecule has 2 aromatic carbocycles. The molecule has 0 bridgehead atoms. The van der Waals surface area contributed by atoms with E-state index in [2.05, 4.69) is 15.2 Å². The van der Waals surface area contributed by atoms with Crippen LogP contribution in [-0.2, 0) is 16.0 Å². The lowest BCUT2D eigenvalue weighted by atomic mass is 10.1. The van der Waals surface area contributed by atoms with Gasteiger partial charge in [-0.15, -0.1) is 0 Å². The summed E-state index contributed by atoms with van der Waals surface area (Å²) in [4.78, 5) is 18.3. The van der Waals surface area contributed by atoms with Gasteiger partial charge in [-0.25, -0.2) is 0 Å². The molecular formula is C24H29N3O4. The van der Waals surface area contributed by atoms with Gasteiger partial charge in [0.05, 0.1) is 44.2 Å². The molecule has 2 N–H and O–H groups in total. The predicted octanol–water partition coefficient (Wildman–Crippen LogP) is 3.98. The maximum absolute atomic E-state index is 12.9. The minimum Gasteiger partial charge on any atom is -0.492 e. The van der Waals surface area contributed by atoms with Crippen LogP contribution in [0.3, 0.4) is 0 Å². The maximum Gasteiger partial charge on any atom is 0.228 e. The second-order valence-corrected chi connectivity index (χ2v) is 7.37. The van der Waals surface area contributed by atoms with E-state index in [0.717, 1.165) is 41.0 Å². The van der Waals surface area contributed by atoms with Gasteiger partial charge >= 0.3 is 0 Å². The van der Waals surface area contributed by atoms with Crippen molar-refractivity contribution in [3.8, 4) is 11.5 Å². The summed E-state index contributed by atoms with van der Waals surface area (Å²) in [6.45, 7) is 7.86. The Labute approximate surface area is 182 Å². The highest BCUT2D eigenvalue weighted by Crippen LogP contribution is 2.39. The number of nitrogens with zero attached hydrogens (tertiary/aromatic N) is 1. The van der Waals surface area contributed by atoms with E-state index in [9.17, 15) is 4.79 Å². The van der Waals surface area contributed by atoms with Gasteiger partial charge in [-0.05, 0) is 25.5 Å². The molecule has 1 aliphatic heterocycles. The minimum atomic E-state index is -0.104. The van der Waals surface area contributed by atoms with Crippen LogP contribution in [0.15, 0.2) is 42.6 Å². The summed E-state index contributed by atoms with van der Waals surface area (Å²) in [6, 6.07) is 11.8. The lowest BCUT2D eigenvalue weighted by Crippen LogP contribution is -2.36. The fourth-order valence-corrected chi connectivity index (χ4v) is 3.89. The quantitative estimate of drug-likeness (QED) is 0.573. The molecule has 0 saturated carbocycles. The average Bonchev–Trinajstić information content (AvgIpc) is 3.19. The maximum atomic E-state index is 12.9. The van der Waals surface area contributed by atoms with Crippen molar-refractivity contribution in [1.29, 1.82) is 0 Å². The molecule has 1 fully saturated rings. The molecule has 0 spiro atoms. The molecule has 7 heteroatoms. The predicted molar refractivity (Wildman–Crippen MR) is 122 cm³/mol. The molecule has 164 valence electrons. The minimum absolute atomic E-state index is 0.104. The Morgan fingerprint density at radius 2 is 1.84 bits per heavy atom. The van der Waals surface area contributed by atoms with E-state index in [1.807, 2.05) is 56.4 Å². The highest BCUT2D eigenvalue weighted by atomic mass is 16.5. The number of amides is 1. The van der Waals surface area contributed by atoms with Gasteiger partial charge in [-0.2, -0.15) is 0 Å². The summed E-state index contributed by atoms with van der Waals surface area (Å²) in [5.41, 5.74) is 3.56. The number of hydrogen-bond donors (Lipinski definition) is 2. The molecule has 31 heavy (non-hydrogen) atoms. The fraction of sp³-hybridized carbons (Fsp3) is 0.375. The van der Waals surface area contributed by atoms with Crippen LogP contribution >= 0.6 is 0 Å². The smallest absolute Gasteiger partial charge is 0.228 e. The third-order valence-electron chi connectivity index (χ3n) is 5.31. The number of morpholine rings is 1. The van der Waals surface area contributed by atoms with Crippen molar-refractivity contribution in [2.45, 2.75) is 20.3 Å². The number of carbonyl (C=O) groups is 1. The number of rotatable bonds is 8. The third kappa shape index (κ3) is 4.77. The zero-order valence-corrected chi connectivity index (χ0v) is 18.1. The molecule has 0 aliphatic carbocycles. The van der Waals surface area contributed by atoms with Crippen LogP contribution in [0, 0.1) is 0 Å². The van der Waals surface area contributed by atoms with E-state index in [0.29, 0.717) is 37.9 Å². The number of fused-ring (bicyclic) bond motifs is 1. The Kier molecular flexibility index (Phi) is 6.62. The zero-order valence-electron chi connectivity index (χ0n) is 18.1. The van der Waals surface area contributed by atoms with E-state index in [4.69, 9.17) is 14.2 Å². The van der Waals surface area contributed by atoms with Gasteiger partial charge in [-0.3, -0.25) is 4.79 Å². The largest absolute Gasteiger partial charge is 0.492 e. The molecule has 4 rings (SSSR count). The molecule has 1 aromatic heterocycles. The molecule has 3 aromatic rings. The van der Waals surface area contributed by atoms with Crippen LogP contribution in [-0.4, -0.2) is 50.4 Å². The summed E-state index contributed by atoms with van der Waals surface area (Å²) in [7, 11) is 0. The number of hydrogen-bond acceptors (Lipinski definition) is 5. The second-order valence-electron chi connectivity index (χ2n) is 7.37. The van der Waals surface area contributed by atoms with E-state index < -0.39 is 0 Å². The van der Waals surface area contributed by atoms with Gasteiger partial charge in [0.1, 0.15) is 11.5 Å². The number of aromatic amines is 1. The monoisotopic (exact) mass is 423 g/mol. The first-order valence-electron chi connectivity index (χ1n) is 10.8. The van der Waals surface area contributed by atoms with Crippen LogP contribution in [0.5, 0.6) is 11.5 Å². The molecule has 0 radical (unpaired) electrons. The average molecular weight is 424 g/mol. The number of nitrogens with one attached hydrogen (secondary N) is 2. The van der Waals surface area contributed by atoms with Crippen LogP contribution in [0.2, 0.25) is 0 Å². The van der Waals surface area contributed by atoms with Gasteiger partial charge < -0.3 is 29.4 Å². The summed E-state index contributed by atoms with van der Waals surface area (Å²) in [6.07, 6.45) is 2.16. The topological polar surface area (TPSA) is 75.8 Å². The molecule has 1 amide bonds. The lowest BCUT2D eigenvalue weighted by molar-refractivity contribution is -0.115. The van der Waals surface area contributed by atoms with Gasteiger partial charge in [-0.1, -0.05) is 18.2 Å². The number of benzene rings is 2. The Morgan fingerprint density at radius 3 is 2.61 bits per heavy atom. The standard InChI is InChI=1S/C24H29N3O4/c1-3-30-22-15-21(27-9-11-29-12-10-27)23(31-4-2)14-20(22)26-24(28)13-17-16-25-19-8-6-5-7-18(17)19/h5-8,14-16,25H,3-4,9-13H2,1-2H3,(H,26,28). The van der Waals surface area contributed by atoms with Crippen molar-refractivity contribution in [2.75, 3.05) is 49.7 Å². The van der Waals surface area contributed by atoms with Crippen molar-refractivity contribution in [2.24, 2.45) is 0 Å². The molecule has 7 nitrogen and oxygen atoms in total. The molecule has 1 aliphatic rings. The van der Waals surface area contributed by atoms with Crippen LogP contribution < -0.4 is 19.7 Å². The summed E-state index contributed by atoms with van der Waals surface area (Å²) in [5.74, 6) is 1.27. The summed E-state index contributed by atoms with van der Waals surface area (Å²) in [5, 5.41) is 4.08. The molecule has 0 atom stereocenters. The molecule has 0 unspecified atom stereocenters. The van der Waals surface area contributed by atoms with Crippen molar-refractivity contribution in [1.82, 2.24) is 4.98 Å². The molecule has 2 heterocycles. The number of anilines is 2. The lowest BCUT2D eigenvalue weighted by Gasteiger charge is -2.31. The first kappa shape index (κ1) is 21.1. The molecule has 1 saturated heterocycles. The first-order chi connectivity index (χ1) is 15.2. The Bertz CT molecular complexity index is 1040. The number of H-pyrrole nitrogens is 1. The van der Waals surface area contributed by atoms with Crippen LogP contribution in [0.4, 0.5) is 11.4 Å². The van der Waals surface area contributed by atoms with Crippen molar-refractivity contribution >= 4 is 28.2 Å². The first-order valence-corrected chi connectivity index (χ1v) is 10.8. The Balaban J connectivity index is 1.59. The highest BCUT2D eigenvalue weighted by molar-refractivity contribution is 5.97. The van der Waals surface area contributed by atoms with Gasteiger partial charge in [0.2, 0.25) is 5.91 Å². The van der Waals surface area contributed by atoms with Gasteiger partial charge in [0.15, 0.2) is 0 Å². The van der Waals surface area contributed by atoms with Gasteiger partial charge in [0, 0.05) is 42.3 Å². The van der Waals surface area contributed by atoms with E-state index in [1.165, 1.54) is 0 Å². The van der Waals surface area contributed by atoms with E-state index >= 15 is 0 Å². The SMILES string of the molecule is CCOc1cc(N2CCOCC2)c(OCC)cc1NC(=O)Cc1c[nH]c2ccccc12. The van der Waals surface area contributed by atoms with Crippen molar-refractivity contribution in [3.05, 3.63) is 48.2 Å². The second kappa shape index (κ2) is 9.75. The van der Waals surface area contributed by atoms with E-state index in [1.54, 1.807) is 0 Å². The summed E-state index contributed by atoms with van der Waals surface area (Å²) < 4.78 is 17.3. The van der Waals surface area contributed by atoms with Crippen LogP contribution in [0.25, 0.3) is 10.9 Å². The van der Waals surface area contributed by atoms with E-state index in [-0.39, 0.29) is 12.3 Å². The number of aromatic nitrogens is 1. The zero-order chi connectivity index (χ0) is 21.6. The fourth-order valence-electron chi connectivity index (χ4n) is 3.89. The molecular weight excluding hydrogens is 394 g/mol. The van der Waals surface area contributed by atoms with Crippen LogP contribution in [0.1, 0.15) is 19.4 Å². The number of para-hydroxylation sites is 1. The Morgan fingerprint density at radius 1 is 1.10 bits per heavy atom. The number of carbonyl (C=O) groups excluding carboxylic acids is 1. The third-order valence-corrected chi connectivity index (χ3v) is 5.31. The Hall–Kier alpha value is -3.19.